The Morgan fingerprint density at radius 3 is 2.56 bits per heavy atom. The normalized spacial score (nSPS) is 10.3. The molecule has 0 radical (unpaired) electrons. The van der Waals surface area contributed by atoms with Crippen LogP contribution >= 0.6 is 23.2 Å². The molecule has 0 aliphatic rings. The van der Waals surface area contributed by atoms with E-state index in [1.165, 1.54) is 18.5 Å². The summed E-state index contributed by atoms with van der Waals surface area (Å²) in [5.41, 5.74) is 12.7. The van der Waals surface area contributed by atoms with E-state index in [4.69, 9.17) is 28.9 Å². The second-order valence-corrected chi connectivity index (χ2v) is 6.38. The van der Waals surface area contributed by atoms with Crippen LogP contribution in [0.2, 0.25) is 10.0 Å². The summed E-state index contributed by atoms with van der Waals surface area (Å²) in [4.78, 5) is 24.6. The van der Waals surface area contributed by atoms with Gasteiger partial charge in [0.2, 0.25) is 0 Å². The molecule has 3 rings (SSSR count). The second-order valence-electron chi connectivity index (χ2n) is 5.53. The number of aromatic nitrogens is 3. The summed E-state index contributed by atoms with van der Waals surface area (Å²) >= 11 is 11.9. The van der Waals surface area contributed by atoms with Gasteiger partial charge in [0.05, 0.1) is 10.6 Å². The van der Waals surface area contributed by atoms with E-state index in [1.807, 2.05) is 13.0 Å². The third-order valence-electron chi connectivity index (χ3n) is 3.51. The summed E-state index contributed by atoms with van der Waals surface area (Å²) in [6.45, 7) is 1.94. The van der Waals surface area contributed by atoms with Crippen molar-refractivity contribution < 1.29 is 4.79 Å². The Morgan fingerprint density at radius 1 is 1.07 bits per heavy atom. The van der Waals surface area contributed by atoms with Gasteiger partial charge in [0.25, 0.3) is 5.91 Å². The first-order valence-corrected chi connectivity index (χ1v) is 8.51. The van der Waals surface area contributed by atoms with Crippen molar-refractivity contribution in [2.45, 2.75) is 6.92 Å². The summed E-state index contributed by atoms with van der Waals surface area (Å²) < 4.78 is 0. The summed E-state index contributed by atoms with van der Waals surface area (Å²) in [5, 5.41) is 3.66. The van der Waals surface area contributed by atoms with Crippen LogP contribution in [-0.2, 0) is 0 Å². The number of nitrogens with zero attached hydrogens (tertiary/aromatic N) is 3. The summed E-state index contributed by atoms with van der Waals surface area (Å²) in [5.74, 6) is 0.680. The minimum absolute atomic E-state index is 0.211. The van der Waals surface area contributed by atoms with Gasteiger partial charge in [0.1, 0.15) is 17.8 Å². The van der Waals surface area contributed by atoms with Crippen LogP contribution < -0.4 is 21.9 Å². The molecule has 2 aromatic heterocycles. The van der Waals surface area contributed by atoms with Crippen LogP contribution in [0.25, 0.3) is 0 Å². The number of amides is 1. The van der Waals surface area contributed by atoms with Crippen LogP contribution in [0.15, 0.2) is 42.9 Å². The fraction of sp³-hybridized carbons (Fsp3) is 0.0588. The molecular weight excluding hydrogens is 389 g/mol. The van der Waals surface area contributed by atoms with E-state index in [0.29, 0.717) is 16.7 Å². The van der Waals surface area contributed by atoms with Gasteiger partial charge >= 0.3 is 0 Å². The number of hydrogen-bond donors (Lipinski definition) is 4. The molecule has 0 aliphatic carbocycles. The smallest absolute Gasteiger partial charge is 0.271 e. The molecule has 0 aliphatic heterocycles. The predicted octanol–water partition coefficient (Wildman–Crippen LogP) is 3.57. The highest BCUT2D eigenvalue weighted by Crippen LogP contribution is 2.25. The molecule has 5 N–H and O–H groups in total. The molecule has 0 spiro atoms. The number of rotatable bonds is 5. The number of halogens is 2. The zero-order valence-corrected chi connectivity index (χ0v) is 15.6. The van der Waals surface area contributed by atoms with Gasteiger partial charge in [-0.3, -0.25) is 15.6 Å². The first-order chi connectivity index (χ1) is 12.9. The number of hydrazine groups is 1. The van der Waals surface area contributed by atoms with Gasteiger partial charge in [-0.25, -0.2) is 15.0 Å². The van der Waals surface area contributed by atoms with E-state index in [2.05, 4.69) is 31.1 Å². The number of nitrogens with two attached hydrogens (primary N) is 1. The van der Waals surface area contributed by atoms with Gasteiger partial charge < -0.3 is 11.1 Å². The van der Waals surface area contributed by atoms with Gasteiger partial charge in [-0.2, -0.15) is 0 Å². The van der Waals surface area contributed by atoms with Crippen LogP contribution in [0.3, 0.4) is 0 Å². The van der Waals surface area contributed by atoms with Crippen molar-refractivity contribution in [2.24, 2.45) is 0 Å². The van der Waals surface area contributed by atoms with Gasteiger partial charge in [-0.15, -0.1) is 0 Å². The zero-order valence-electron chi connectivity index (χ0n) is 14.1. The van der Waals surface area contributed by atoms with Crippen molar-refractivity contribution in [2.75, 3.05) is 16.5 Å². The van der Waals surface area contributed by atoms with Crippen molar-refractivity contribution in [3.63, 3.8) is 0 Å². The van der Waals surface area contributed by atoms with E-state index in [9.17, 15) is 4.79 Å². The van der Waals surface area contributed by atoms with Crippen molar-refractivity contribution in [1.82, 2.24) is 20.4 Å². The van der Waals surface area contributed by atoms with Crippen molar-refractivity contribution in [1.29, 1.82) is 0 Å². The molecule has 0 fully saturated rings. The first-order valence-electron chi connectivity index (χ1n) is 7.75. The number of carbonyl (C=O) groups is 1. The molecule has 0 unspecified atom stereocenters. The maximum atomic E-state index is 12.3. The molecule has 27 heavy (non-hydrogen) atoms. The van der Waals surface area contributed by atoms with Crippen LogP contribution in [0.4, 0.5) is 23.1 Å². The lowest BCUT2D eigenvalue weighted by molar-refractivity contribution is 0.0962. The molecule has 8 nitrogen and oxygen atoms in total. The number of nitrogen functional groups attached to an aromatic ring is 1. The summed E-state index contributed by atoms with van der Waals surface area (Å²) in [7, 11) is 0. The maximum absolute atomic E-state index is 12.3. The van der Waals surface area contributed by atoms with E-state index >= 15 is 0 Å². The molecule has 0 saturated heterocycles. The SMILES string of the molecule is Cc1ccc(Nc2ncnc(NNC(=O)c3ccc(Cl)cc3Cl)c2N)nc1. The summed E-state index contributed by atoms with van der Waals surface area (Å²) in [6.07, 6.45) is 3.02. The highest BCUT2D eigenvalue weighted by Gasteiger charge is 2.13. The standard InChI is InChI=1S/C17H15Cl2N7O/c1-9-2-5-13(21-7-9)24-15-14(20)16(23-8-22-15)25-26-17(27)11-4-3-10(18)6-12(11)19/h2-8H,20H2,1H3,(H,26,27)(H2,21,22,23,24,25). The number of benzene rings is 1. The van der Waals surface area contributed by atoms with Gasteiger partial charge in [0, 0.05) is 11.2 Å². The Kier molecular flexibility index (Phi) is 5.58. The Bertz CT molecular complexity index is 980. The Labute approximate surface area is 165 Å². The van der Waals surface area contributed by atoms with Crippen molar-refractivity contribution in [3.05, 3.63) is 64.0 Å². The molecule has 0 bridgehead atoms. The van der Waals surface area contributed by atoms with Gasteiger partial charge in [-0.05, 0) is 36.8 Å². The number of nitrogens with one attached hydrogen (secondary N) is 3. The second kappa shape index (κ2) is 8.07. The fourth-order valence-electron chi connectivity index (χ4n) is 2.11. The van der Waals surface area contributed by atoms with Crippen molar-refractivity contribution in [3.8, 4) is 0 Å². The molecule has 138 valence electrons. The molecule has 0 atom stereocenters. The first kappa shape index (κ1) is 18.7. The van der Waals surface area contributed by atoms with Crippen LogP contribution in [0.5, 0.6) is 0 Å². The molecule has 1 amide bonds. The Morgan fingerprint density at radius 2 is 1.85 bits per heavy atom. The van der Waals surface area contributed by atoms with E-state index in [0.717, 1.165) is 5.56 Å². The third-order valence-corrected chi connectivity index (χ3v) is 4.06. The van der Waals surface area contributed by atoms with E-state index in [1.54, 1.807) is 18.3 Å². The van der Waals surface area contributed by atoms with Gasteiger partial charge in [-0.1, -0.05) is 29.3 Å². The quantitative estimate of drug-likeness (QED) is 0.480. The van der Waals surface area contributed by atoms with E-state index < -0.39 is 5.91 Å². The number of pyridine rings is 1. The van der Waals surface area contributed by atoms with Crippen molar-refractivity contribution >= 4 is 52.3 Å². The topological polar surface area (TPSA) is 118 Å². The predicted molar refractivity (Wildman–Crippen MR) is 106 cm³/mol. The largest absolute Gasteiger partial charge is 0.393 e. The van der Waals surface area contributed by atoms with Crippen LogP contribution in [0, 0.1) is 6.92 Å². The zero-order chi connectivity index (χ0) is 19.4. The average molecular weight is 404 g/mol. The van der Waals surface area contributed by atoms with Gasteiger partial charge in [0.15, 0.2) is 11.6 Å². The third kappa shape index (κ3) is 4.55. The minimum atomic E-state index is -0.468. The monoisotopic (exact) mass is 403 g/mol. The lowest BCUT2D eigenvalue weighted by Crippen LogP contribution is -2.30. The Hall–Kier alpha value is -3.10. The molecule has 0 saturated carbocycles. The lowest BCUT2D eigenvalue weighted by atomic mass is 10.2. The van der Waals surface area contributed by atoms with Crippen LogP contribution in [0.1, 0.15) is 15.9 Å². The molecule has 1 aromatic carbocycles. The van der Waals surface area contributed by atoms with Crippen LogP contribution in [-0.4, -0.2) is 20.9 Å². The highest BCUT2D eigenvalue weighted by atomic mass is 35.5. The average Bonchev–Trinajstić information content (AvgIpc) is 2.64. The lowest BCUT2D eigenvalue weighted by Gasteiger charge is -2.13. The fourth-order valence-corrected chi connectivity index (χ4v) is 2.61. The number of anilines is 4. The van der Waals surface area contributed by atoms with E-state index in [-0.39, 0.29) is 22.1 Å². The maximum Gasteiger partial charge on any atom is 0.271 e. The molecule has 10 heteroatoms. The number of hydrogen-bond acceptors (Lipinski definition) is 7. The number of aryl methyl sites for hydroxylation is 1. The molecule has 2 heterocycles. The molecular formula is C17H15Cl2N7O. The Balaban J connectivity index is 1.72. The number of carbonyl (C=O) groups excluding carboxylic acids is 1. The molecule has 3 aromatic rings. The minimum Gasteiger partial charge on any atom is -0.393 e. The summed E-state index contributed by atoms with van der Waals surface area (Å²) in [6, 6.07) is 8.27. The highest BCUT2D eigenvalue weighted by molar-refractivity contribution is 6.36.